The monoisotopic (exact) mass is 417 g/mol. The van der Waals surface area contributed by atoms with Crippen LogP contribution >= 0.6 is 11.3 Å². The van der Waals surface area contributed by atoms with Crippen LogP contribution < -0.4 is 0 Å². The number of aromatic nitrogens is 3. The van der Waals surface area contributed by atoms with Crippen molar-refractivity contribution >= 4 is 22.8 Å². The van der Waals surface area contributed by atoms with E-state index in [1.165, 1.54) is 11.3 Å². The van der Waals surface area contributed by atoms with Crippen LogP contribution in [0.1, 0.15) is 60.5 Å². The van der Waals surface area contributed by atoms with Crippen molar-refractivity contribution in [3.63, 3.8) is 0 Å². The molecule has 2 unspecified atom stereocenters. The SMILES string of the molecule is CCc1sc(C(=O)CCC2C(C)CCCC2(F)F)cc1-c1cnc2cccnn12. The summed E-state index contributed by atoms with van der Waals surface area (Å²) in [4.78, 5) is 18.9. The number of hydrogen-bond acceptors (Lipinski definition) is 4. The highest BCUT2D eigenvalue weighted by Gasteiger charge is 2.44. The van der Waals surface area contributed by atoms with Gasteiger partial charge >= 0.3 is 0 Å². The van der Waals surface area contributed by atoms with Crippen LogP contribution in [0.15, 0.2) is 30.6 Å². The molecule has 3 heterocycles. The fourth-order valence-corrected chi connectivity index (χ4v) is 5.50. The van der Waals surface area contributed by atoms with Gasteiger partial charge in [0.05, 0.1) is 16.8 Å². The van der Waals surface area contributed by atoms with E-state index in [4.69, 9.17) is 0 Å². The molecule has 29 heavy (non-hydrogen) atoms. The molecule has 1 fully saturated rings. The number of carbonyl (C=O) groups excluding carboxylic acids is 1. The molecule has 0 amide bonds. The molecule has 1 aliphatic carbocycles. The molecule has 1 aliphatic rings. The van der Waals surface area contributed by atoms with Crippen molar-refractivity contribution in [1.82, 2.24) is 14.6 Å². The van der Waals surface area contributed by atoms with Gasteiger partial charge in [-0.15, -0.1) is 11.3 Å². The molecule has 0 N–H and O–H groups in total. The molecule has 154 valence electrons. The molecule has 3 aromatic heterocycles. The molecule has 0 saturated heterocycles. The summed E-state index contributed by atoms with van der Waals surface area (Å²) in [5.41, 5.74) is 2.54. The van der Waals surface area contributed by atoms with E-state index in [9.17, 15) is 13.6 Å². The van der Waals surface area contributed by atoms with Crippen molar-refractivity contribution in [2.24, 2.45) is 11.8 Å². The van der Waals surface area contributed by atoms with Gasteiger partial charge in [0, 0.05) is 35.4 Å². The van der Waals surface area contributed by atoms with Gasteiger partial charge in [0.1, 0.15) is 0 Å². The lowest BCUT2D eigenvalue weighted by atomic mass is 9.75. The van der Waals surface area contributed by atoms with Crippen molar-refractivity contribution in [2.45, 2.75) is 58.3 Å². The maximum atomic E-state index is 14.3. The summed E-state index contributed by atoms with van der Waals surface area (Å²) >= 11 is 1.46. The normalized spacial score (nSPS) is 21.5. The maximum Gasteiger partial charge on any atom is 0.251 e. The first-order valence-corrected chi connectivity index (χ1v) is 11.0. The van der Waals surface area contributed by atoms with Crippen LogP contribution in [0.3, 0.4) is 0 Å². The van der Waals surface area contributed by atoms with Crippen molar-refractivity contribution in [3.05, 3.63) is 40.3 Å². The summed E-state index contributed by atoms with van der Waals surface area (Å²) in [5.74, 6) is -3.45. The lowest BCUT2D eigenvalue weighted by molar-refractivity contribution is -0.108. The van der Waals surface area contributed by atoms with Crippen molar-refractivity contribution < 1.29 is 13.6 Å². The van der Waals surface area contributed by atoms with Crippen LogP contribution in [-0.2, 0) is 6.42 Å². The highest BCUT2D eigenvalue weighted by molar-refractivity contribution is 7.14. The topological polar surface area (TPSA) is 47.3 Å². The molecule has 7 heteroatoms. The molecule has 0 spiro atoms. The van der Waals surface area contributed by atoms with Crippen LogP contribution in [-0.4, -0.2) is 26.3 Å². The van der Waals surface area contributed by atoms with Crippen molar-refractivity contribution in [2.75, 3.05) is 0 Å². The Bertz CT molecular complexity index is 1030. The zero-order valence-corrected chi connectivity index (χ0v) is 17.5. The predicted molar refractivity (Wildman–Crippen MR) is 111 cm³/mol. The molecule has 0 aromatic carbocycles. The maximum absolute atomic E-state index is 14.3. The minimum absolute atomic E-state index is 0.0409. The second-order valence-electron chi connectivity index (χ2n) is 7.94. The minimum Gasteiger partial charge on any atom is -0.293 e. The van der Waals surface area contributed by atoms with Gasteiger partial charge < -0.3 is 0 Å². The molecule has 3 aromatic rings. The van der Waals surface area contributed by atoms with Crippen LogP contribution in [0, 0.1) is 11.8 Å². The van der Waals surface area contributed by atoms with Gasteiger partial charge in [-0.05, 0) is 43.4 Å². The van der Waals surface area contributed by atoms with Gasteiger partial charge in [-0.2, -0.15) is 5.10 Å². The van der Waals surface area contributed by atoms with Crippen molar-refractivity contribution in [1.29, 1.82) is 0 Å². The number of nitrogens with zero attached hydrogens (tertiary/aromatic N) is 3. The van der Waals surface area contributed by atoms with Crippen LogP contribution in [0.5, 0.6) is 0 Å². The summed E-state index contributed by atoms with van der Waals surface area (Å²) in [5, 5.41) is 4.36. The van der Waals surface area contributed by atoms with E-state index in [2.05, 4.69) is 10.1 Å². The lowest BCUT2D eigenvalue weighted by Crippen LogP contribution is -2.37. The van der Waals surface area contributed by atoms with E-state index >= 15 is 0 Å². The van der Waals surface area contributed by atoms with Gasteiger partial charge in [-0.25, -0.2) is 18.3 Å². The third-order valence-corrected chi connectivity index (χ3v) is 7.36. The fraction of sp³-hybridized carbons (Fsp3) is 0.500. The first-order chi connectivity index (χ1) is 13.9. The standard InChI is InChI=1S/C22H25F2N3OS/c1-3-19-15(17-13-25-21-7-5-11-26-27(17)21)12-20(29-19)18(28)9-8-16-14(2)6-4-10-22(16,23)24/h5,7,11-14,16H,3-4,6,8-10H2,1-2H3. The van der Waals surface area contributed by atoms with Crippen LogP contribution in [0.25, 0.3) is 16.9 Å². The Morgan fingerprint density at radius 3 is 3.00 bits per heavy atom. The Morgan fingerprint density at radius 1 is 1.41 bits per heavy atom. The van der Waals surface area contributed by atoms with Crippen LogP contribution in [0.4, 0.5) is 8.78 Å². The molecule has 2 atom stereocenters. The number of halogens is 2. The third kappa shape index (κ3) is 3.84. The van der Waals surface area contributed by atoms with Gasteiger partial charge in [0.15, 0.2) is 11.4 Å². The molecule has 4 rings (SSSR count). The summed E-state index contributed by atoms with van der Waals surface area (Å²) in [6, 6.07) is 5.59. The Balaban J connectivity index is 1.56. The number of carbonyl (C=O) groups is 1. The summed E-state index contributed by atoms with van der Waals surface area (Å²) < 4.78 is 30.4. The average Bonchev–Trinajstić information content (AvgIpc) is 3.30. The molecule has 0 radical (unpaired) electrons. The quantitative estimate of drug-likeness (QED) is 0.458. The Morgan fingerprint density at radius 2 is 2.24 bits per heavy atom. The number of fused-ring (bicyclic) bond motifs is 1. The number of hydrogen-bond donors (Lipinski definition) is 0. The number of ketones is 1. The second kappa shape index (κ2) is 7.94. The minimum atomic E-state index is -2.66. The molecular weight excluding hydrogens is 392 g/mol. The highest BCUT2D eigenvalue weighted by atomic mass is 32.1. The van der Waals surface area contributed by atoms with E-state index in [1.54, 1.807) is 16.9 Å². The molecule has 0 bridgehead atoms. The second-order valence-corrected chi connectivity index (χ2v) is 9.07. The lowest BCUT2D eigenvalue weighted by Gasteiger charge is -2.36. The Labute approximate surface area is 173 Å². The number of thiophene rings is 1. The fourth-order valence-electron chi connectivity index (χ4n) is 4.43. The zero-order chi connectivity index (χ0) is 20.6. The van der Waals surface area contributed by atoms with Gasteiger partial charge in [0.2, 0.25) is 0 Å². The largest absolute Gasteiger partial charge is 0.293 e. The van der Waals surface area contributed by atoms with E-state index in [0.717, 1.165) is 34.6 Å². The van der Waals surface area contributed by atoms with Crippen molar-refractivity contribution in [3.8, 4) is 11.3 Å². The Kier molecular flexibility index (Phi) is 5.51. The number of imidazole rings is 1. The summed E-state index contributed by atoms with van der Waals surface area (Å²) in [7, 11) is 0. The zero-order valence-electron chi connectivity index (χ0n) is 16.7. The number of rotatable bonds is 6. The molecule has 1 saturated carbocycles. The predicted octanol–water partition coefficient (Wildman–Crippen LogP) is 6.05. The first kappa shape index (κ1) is 20.1. The van der Waals surface area contributed by atoms with Crippen LogP contribution in [0.2, 0.25) is 0 Å². The van der Waals surface area contributed by atoms with E-state index < -0.39 is 11.8 Å². The number of alkyl halides is 2. The van der Waals surface area contributed by atoms with Gasteiger partial charge in [-0.3, -0.25) is 4.79 Å². The van der Waals surface area contributed by atoms with E-state index in [0.29, 0.717) is 11.3 Å². The molecule has 0 aliphatic heterocycles. The molecule has 4 nitrogen and oxygen atoms in total. The van der Waals surface area contributed by atoms with Gasteiger partial charge in [-0.1, -0.05) is 20.3 Å². The number of aryl methyl sites for hydroxylation is 1. The number of Topliss-reactive ketones (excluding diaryl/α,β-unsaturated/α-hetero) is 1. The third-order valence-electron chi connectivity index (χ3n) is 6.04. The van der Waals surface area contributed by atoms with E-state index in [-0.39, 0.29) is 31.0 Å². The smallest absolute Gasteiger partial charge is 0.251 e. The molecular formula is C22H25F2N3OS. The van der Waals surface area contributed by atoms with E-state index in [1.807, 2.05) is 32.0 Å². The van der Waals surface area contributed by atoms with Gasteiger partial charge in [0.25, 0.3) is 5.92 Å². The summed E-state index contributed by atoms with van der Waals surface area (Å²) in [6.45, 7) is 3.93. The first-order valence-electron chi connectivity index (χ1n) is 10.2. The highest BCUT2D eigenvalue weighted by Crippen LogP contribution is 2.44. The Hall–Kier alpha value is -2.15. The summed E-state index contributed by atoms with van der Waals surface area (Å²) in [6.07, 6.45) is 6.00. The average molecular weight is 418 g/mol.